The van der Waals surface area contributed by atoms with Crippen molar-refractivity contribution in [2.24, 2.45) is 11.8 Å². The number of hydrogen-bond donors (Lipinski definition) is 2. The molecule has 0 spiro atoms. The average molecular weight is 416 g/mol. The lowest BCUT2D eigenvalue weighted by Crippen LogP contribution is -2.53. The van der Waals surface area contributed by atoms with Gasteiger partial charge in [-0.3, -0.25) is 9.59 Å². The van der Waals surface area contributed by atoms with Gasteiger partial charge >= 0.3 is 0 Å². The summed E-state index contributed by atoms with van der Waals surface area (Å²) in [6.07, 6.45) is 2.00. The molecule has 2 amide bonds. The minimum absolute atomic E-state index is 0. The molecular weight excluding hydrogens is 385 g/mol. The molecule has 0 aliphatic carbocycles. The first kappa shape index (κ1) is 23.7. The highest BCUT2D eigenvalue weighted by Gasteiger charge is 2.31. The van der Waals surface area contributed by atoms with Crippen molar-refractivity contribution in [3.8, 4) is 0 Å². The van der Waals surface area contributed by atoms with Crippen LogP contribution in [0, 0.1) is 11.8 Å². The Hall–Kier alpha value is -1.30. The number of carbonyl (C=O) groups is 2. The third-order valence-electron chi connectivity index (χ3n) is 4.95. The molecule has 1 aromatic rings. The number of hydrogen-bond acceptors (Lipinski definition) is 3. The number of benzene rings is 1. The Balaban J connectivity index is 0.00000364. The number of nitrogens with zero attached hydrogens (tertiary/aromatic N) is 1. The van der Waals surface area contributed by atoms with Gasteiger partial charge in [0.15, 0.2) is 0 Å². The molecule has 1 aliphatic rings. The van der Waals surface area contributed by atoms with E-state index in [1.54, 1.807) is 24.3 Å². The van der Waals surface area contributed by atoms with E-state index in [2.05, 4.69) is 17.6 Å². The normalized spacial score (nSPS) is 16.0. The molecule has 1 heterocycles. The first-order chi connectivity index (χ1) is 12.4. The van der Waals surface area contributed by atoms with Gasteiger partial charge in [0.2, 0.25) is 5.91 Å². The van der Waals surface area contributed by atoms with Crippen LogP contribution in [0.2, 0.25) is 5.02 Å². The van der Waals surface area contributed by atoms with E-state index in [0.717, 1.165) is 39.0 Å². The molecule has 1 aliphatic heterocycles. The Morgan fingerprint density at radius 3 is 2.41 bits per heavy atom. The Morgan fingerprint density at radius 2 is 1.85 bits per heavy atom. The van der Waals surface area contributed by atoms with Gasteiger partial charge in [-0.1, -0.05) is 44.5 Å². The summed E-state index contributed by atoms with van der Waals surface area (Å²) < 4.78 is 0. The number of amides is 2. The number of carbonyl (C=O) groups excluding carboxylic acids is 2. The molecule has 5 nitrogen and oxygen atoms in total. The van der Waals surface area contributed by atoms with E-state index in [0.29, 0.717) is 16.5 Å². The molecular formula is C20H31Cl2N3O2. The van der Waals surface area contributed by atoms with Crippen LogP contribution in [0.1, 0.15) is 44.0 Å². The molecule has 1 fully saturated rings. The second kappa shape index (κ2) is 11.5. The number of rotatable bonds is 7. The maximum atomic E-state index is 13.0. The summed E-state index contributed by atoms with van der Waals surface area (Å²) in [5, 5.41) is 6.66. The highest BCUT2D eigenvalue weighted by atomic mass is 35.5. The maximum absolute atomic E-state index is 13.0. The zero-order chi connectivity index (χ0) is 19.1. The Kier molecular flexibility index (Phi) is 10.1. The van der Waals surface area contributed by atoms with Gasteiger partial charge in [0.1, 0.15) is 6.04 Å². The summed E-state index contributed by atoms with van der Waals surface area (Å²) in [5.74, 6) is 0.328. The molecule has 7 heteroatoms. The van der Waals surface area contributed by atoms with E-state index in [1.807, 2.05) is 18.7 Å². The van der Waals surface area contributed by atoms with Crippen LogP contribution in [-0.4, -0.2) is 48.9 Å². The fourth-order valence-electron chi connectivity index (χ4n) is 3.28. The summed E-state index contributed by atoms with van der Waals surface area (Å²) in [4.78, 5) is 27.4. The fraction of sp³-hybridized carbons (Fsp3) is 0.600. The van der Waals surface area contributed by atoms with E-state index in [1.165, 1.54) is 0 Å². The third kappa shape index (κ3) is 6.66. The van der Waals surface area contributed by atoms with Crippen LogP contribution in [0.15, 0.2) is 24.3 Å². The van der Waals surface area contributed by atoms with Crippen LogP contribution in [-0.2, 0) is 4.79 Å². The molecule has 0 aromatic heterocycles. The molecule has 1 saturated heterocycles. The Bertz CT molecular complexity index is 617. The lowest BCUT2D eigenvalue weighted by Gasteiger charge is -2.35. The van der Waals surface area contributed by atoms with Crippen LogP contribution in [0.4, 0.5) is 0 Å². The van der Waals surface area contributed by atoms with Crippen molar-refractivity contribution in [3.05, 3.63) is 34.9 Å². The predicted molar refractivity (Wildman–Crippen MR) is 113 cm³/mol. The standard InChI is InChI=1S/C20H30ClN3O2.ClH/c1-4-22-13-15-9-11-24(12-10-15)20(26)18(14(2)3)23-19(25)16-7-5-6-8-17(16)21;/h5-8,14-15,18,22H,4,9-13H2,1-3H3,(H,23,25);1H. The first-order valence-electron chi connectivity index (χ1n) is 9.48. The summed E-state index contributed by atoms with van der Waals surface area (Å²) >= 11 is 6.11. The zero-order valence-corrected chi connectivity index (χ0v) is 17.9. The van der Waals surface area contributed by atoms with Crippen LogP contribution in [0.25, 0.3) is 0 Å². The van der Waals surface area contributed by atoms with Crippen LogP contribution in [0.3, 0.4) is 0 Å². The third-order valence-corrected chi connectivity index (χ3v) is 5.28. The van der Waals surface area contributed by atoms with Crippen molar-refractivity contribution >= 4 is 35.8 Å². The highest BCUT2D eigenvalue weighted by Crippen LogP contribution is 2.20. The molecule has 1 aromatic carbocycles. The minimum atomic E-state index is -0.538. The average Bonchev–Trinajstić information content (AvgIpc) is 2.64. The van der Waals surface area contributed by atoms with Crippen molar-refractivity contribution in [2.45, 2.75) is 39.7 Å². The van der Waals surface area contributed by atoms with Crippen molar-refractivity contribution in [2.75, 3.05) is 26.2 Å². The summed E-state index contributed by atoms with van der Waals surface area (Å²) in [5.41, 5.74) is 0.400. The van der Waals surface area contributed by atoms with Crippen molar-refractivity contribution in [1.29, 1.82) is 0 Å². The SMILES string of the molecule is CCNCC1CCN(C(=O)C(NC(=O)c2ccccc2Cl)C(C)C)CC1.Cl. The largest absolute Gasteiger partial charge is 0.341 e. The summed E-state index contributed by atoms with van der Waals surface area (Å²) in [6, 6.07) is 6.36. The van der Waals surface area contributed by atoms with Crippen LogP contribution in [0.5, 0.6) is 0 Å². The van der Waals surface area contributed by atoms with E-state index < -0.39 is 6.04 Å². The van der Waals surface area contributed by atoms with Crippen molar-refractivity contribution < 1.29 is 9.59 Å². The second-order valence-corrected chi connectivity index (χ2v) is 7.66. The fourth-order valence-corrected chi connectivity index (χ4v) is 3.50. The number of nitrogens with one attached hydrogen (secondary N) is 2. The molecule has 2 rings (SSSR count). The molecule has 2 N–H and O–H groups in total. The van der Waals surface area contributed by atoms with Gasteiger partial charge in [-0.2, -0.15) is 0 Å². The summed E-state index contributed by atoms with van der Waals surface area (Å²) in [7, 11) is 0. The molecule has 0 radical (unpaired) electrons. The molecule has 1 atom stereocenters. The highest BCUT2D eigenvalue weighted by molar-refractivity contribution is 6.33. The van der Waals surface area contributed by atoms with Crippen LogP contribution < -0.4 is 10.6 Å². The van der Waals surface area contributed by atoms with Crippen molar-refractivity contribution in [1.82, 2.24) is 15.5 Å². The van der Waals surface area contributed by atoms with Gasteiger partial charge in [-0.25, -0.2) is 0 Å². The van der Waals surface area contributed by atoms with Gasteiger partial charge in [-0.05, 0) is 49.9 Å². The lowest BCUT2D eigenvalue weighted by molar-refractivity contribution is -0.135. The van der Waals surface area contributed by atoms with Gasteiger partial charge < -0.3 is 15.5 Å². The number of piperidine rings is 1. The summed E-state index contributed by atoms with van der Waals surface area (Å²) in [6.45, 7) is 9.49. The maximum Gasteiger partial charge on any atom is 0.253 e. The molecule has 0 saturated carbocycles. The molecule has 0 bridgehead atoms. The molecule has 152 valence electrons. The lowest BCUT2D eigenvalue weighted by atomic mass is 9.95. The smallest absolute Gasteiger partial charge is 0.253 e. The monoisotopic (exact) mass is 415 g/mol. The first-order valence-corrected chi connectivity index (χ1v) is 9.86. The topological polar surface area (TPSA) is 61.4 Å². The predicted octanol–water partition coefficient (Wildman–Crippen LogP) is 3.36. The van der Waals surface area contributed by atoms with E-state index in [9.17, 15) is 9.59 Å². The second-order valence-electron chi connectivity index (χ2n) is 7.25. The van der Waals surface area contributed by atoms with E-state index in [4.69, 9.17) is 11.6 Å². The quantitative estimate of drug-likeness (QED) is 0.717. The Labute approximate surface area is 173 Å². The van der Waals surface area contributed by atoms with Gasteiger partial charge in [0.05, 0.1) is 10.6 Å². The van der Waals surface area contributed by atoms with Gasteiger partial charge in [0, 0.05) is 13.1 Å². The molecule has 1 unspecified atom stereocenters. The van der Waals surface area contributed by atoms with Crippen LogP contribution >= 0.6 is 24.0 Å². The van der Waals surface area contributed by atoms with E-state index in [-0.39, 0.29) is 30.1 Å². The zero-order valence-electron chi connectivity index (χ0n) is 16.3. The number of halogens is 2. The number of likely N-dealkylation sites (tertiary alicyclic amines) is 1. The minimum Gasteiger partial charge on any atom is -0.341 e. The van der Waals surface area contributed by atoms with Gasteiger partial charge in [0.25, 0.3) is 5.91 Å². The Morgan fingerprint density at radius 1 is 1.22 bits per heavy atom. The van der Waals surface area contributed by atoms with Crippen molar-refractivity contribution in [3.63, 3.8) is 0 Å². The molecule has 27 heavy (non-hydrogen) atoms. The van der Waals surface area contributed by atoms with Gasteiger partial charge in [-0.15, -0.1) is 12.4 Å². The van der Waals surface area contributed by atoms with E-state index >= 15 is 0 Å².